The average Bonchev–Trinajstić information content (AvgIpc) is 2.84. The lowest BCUT2D eigenvalue weighted by atomic mass is 9.98. The van der Waals surface area contributed by atoms with Crippen molar-refractivity contribution in [3.05, 3.63) is 38.8 Å². The second-order valence-corrected chi connectivity index (χ2v) is 5.87. The number of aromatic nitrogens is 2. The zero-order valence-corrected chi connectivity index (χ0v) is 12.6. The van der Waals surface area contributed by atoms with E-state index >= 15 is 0 Å². The SMILES string of the molecule is CNC(Cc1c(C)nn(C)c1C)c1ccsc1C. The van der Waals surface area contributed by atoms with Crippen LogP contribution in [0.25, 0.3) is 0 Å². The highest BCUT2D eigenvalue weighted by Crippen LogP contribution is 2.27. The van der Waals surface area contributed by atoms with E-state index in [1.165, 1.54) is 21.7 Å². The van der Waals surface area contributed by atoms with E-state index < -0.39 is 0 Å². The van der Waals surface area contributed by atoms with E-state index in [-0.39, 0.29) is 0 Å². The van der Waals surface area contributed by atoms with E-state index in [9.17, 15) is 0 Å². The van der Waals surface area contributed by atoms with Crippen LogP contribution in [0.4, 0.5) is 0 Å². The van der Waals surface area contributed by atoms with Gasteiger partial charge in [0, 0.05) is 23.7 Å². The summed E-state index contributed by atoms with van der Waals surface area (Å²) in [5, 5.41) is 10.1. The predicted molar refractivity (Wildman–Crippen MR) is 77.2 cm³/mol. The van der Waals surface area contributed by atoms with Gasteiger partial charge < -0.3 is 5.32 Å². The highest BCUT2D eigenvalue weighted by molar-refractivity contribution is 7.10. The van der Waals surface area contributed by atoms with Gasteiger partial charge >= 0.3 is 0 Å². The summed E-state index contributed by atoms with van der Waals surface area (Å²) in [6.07, 6.45) is 1.000. The van der Waals surface area contributed by atoms with Crippen LogP contribution in [0.1, 0.15) is 33.4 Å². The van der Waals surface area contributed by atoms with Gasteiger partial charge in [0.05, 0.1) is 5.69 Å². The fraction of sp³-hybridized carbons (Fsp3) is 0.500. The molecule has 3 nitrogen and oxygen atoms in total. The van der Waals surface area contributed by atoms with Crippen LogP contribution in [0.2, 0.25) is 0 Å². The molecule has 0 saturated carbocycles. The van der Waals surface area contributed by atoms with Gasteiger partial charge in [-0.2, -0.15) is 5.10 Å². The van der Waals surface area contributed by atoms with Crippen molar-refractivity contribution in [3.8, 4) is 0 Å². The average molecular weight is 263 g/mol. The number of hydrogen-bond donors (Lipinski definition) is 1. The molecule has 2 aromatic rings. The number of hydrogen-bond acceptors (Lipinski definition) is 3. The van der Waals surface area contributed by atoms with Gasteiger partial charge in [0.15, 0.2) is 0 Å². The van der Waals surface area contributed by atoms with E-state index in [1.807, 2.05) is 30.1 Å². The van der Waals surface area contributed by atoms with Crippen LogP contribution in [0.5, 0.6) is 0 Å². The summed E-state index contributed by atoms with van der Waals surface area (Å²) < 4.78 is 1.97. The van der Waals surface area contributed by atoms with Gasteiger partial charge in [-0.3, -0.25) is 4.68 Å². The Labute approximate surface area is 113 Å². The van der Waals surface area contributed by atoms with Crippen molar-refractivity contribution in [1.29, 1.82) is 0 Å². The van der Waals surface area contributed by atoms with Crippen LogP contribution in [-0.4, -0.2) is 16.8 Å². The summed E-state index contributed by atoms with van der Waals surface area (Å²) in [7, 11) is 4.04. The molecule has 2 heterocycles. The maximum atomic E-state index is 4.49. The number of likely N-dealkylation sites (N-methyl/N-ethyl adjacent to an activating group) is 1. The summed E-state index contributed by atoms with van der Waals surface area (Å²) in [6, 6.07) is 2.60. The zero-order valence-electron chi connectivity index (χ0n) is 11.7. The Morgan fingerprint density at radius 1 is 1.39 bits per heavy atom. The Morgan fingerprint density at radius 2 is 2.11 bits per heavy atom. The van der Waals surface area contributed by atoms with Crippen LogP contribution in [0.15, 0.2) is 11.4 Å². The molecule has 0 bridgehead atoms. The molecule has 18 heavy (non-hydrogen) atoms. The largest absolute Gasteiger partial charge is 0.313 e. The molecule has 0 radical (unpaired) electrons. The van der Waals surface area contributed by atoms with Crippen molar-refractivity contribution in [2.24, 2.45) is 7.05 Å². The first-order chi connectivity index (χ1) is 8.54. The van der Waals surface area contributed by atoms with Gasteiger partial charge in [0.25, 0.3) is 0 Å². The molecular weight excluding hydrogens is 242 g/mol. The summed E-state index contributed by atoms with van der Waals surface area (Å²) in [5.41, 5.74) is 5.18. The number of nitrogens with zero attached hydrogens (tertiary/aromatic N) is 2. The molecule has 2 aromatic heterocycles. The van der Waals surface area contributed by atoms with Crippen LogP contribution in [0.3, 0.4) is 0 Å². The molecule has 0 saturated heterocycles. The topological polar surface area (TPSA) is 29.9 Å². The Kier molecular flexibility index (Phi) is 3.88. The van der Waals surface area contributed by atoms with Gasteiger partial charge in [-0.15, -0.1) is 11.3 Å². The maximum Gasteiger partial charge on any atom is 0.0629 e. The third-order valence-electron chi connectivity index (χ3n) is 3.69. The smallest absolute Gasteiger partial charge is 0.0629 e. The highest BCUT2D eigenvalue weighted by atomic mass is 32.1. The molecule has 0 aliphatic heterocycles. The van der Waals surface area contributed by atoms with Gasteiger partial charge in [0.2, 0.25) is 0 Å². The fourth-order valence-corrected chi connectivity index (χ4v) is 3.21. The quantitative estimate of drug-likeness (QED) is 0.919. The van der Waals surface area contributed by atoms with E-state index in [4.69, 9.17) is 0 Å². The normalized spacial score (nSPS) is 12.9. The Hall–Kier alpha value is -1.13. The Balaban J connectivity index is 2.29. The second-order valence-electron chi connectivity index (χ2n) is 4.75. The van der Waals surface area contributed by atoms with Gasteiger partial charge in [0.1, 0.15) is 0 Å². The number of rotatable bonds is 4. The van der Waals surface area contributed by atoms with Gasteiger partial charge in [-0.1, -0.05) is 0 Å². The highest BCUT2D eigenvalue weighted by Gasteiger charge is 2.18. The first kappa shape index (κ1) is 13.3. The molecule has 98 valence electrons. The minimum absolute atomic E-state index is 0.373. The van der Waals surface area contributed by atoms with Crippen LogP contribution in [0, 0.1) is 20.8 Å². The number of nitrogens with one attached hydrogen (secondary N) is 1. The van der Waals surface area contributed by atoms with E-state index in [2.05, 4.69) is 42.6 Å². The molecule has 2 rings (SSSR count). The van der Waals surface area contributed by atoms with Gasteiger partial charge in [-0.25, -0.2) is 0 Å². The third-order valence-corrected chi connectivity index (χ3v) is 4.55. The molecule has 1 atom stereocenters. The monoisotopic (exact) mass is 263 g/mol. The molecule has 1 unspecified atom stereocenters. The van der Waals surface area contributed by atoms with Crippen molar-refractivity contribution in [1.82, 2.24) is 15.1 Å². The molecule has 0 aliphatic carbocycles. The Morgan fingerprint density at radius 3 is 2.56 bits per heavy atom. The Bertz CT molecular complexity index is 539. The maximum absolute atomic E-state index is 4.49. The summed E-state index contributed by atoms with van der Waals surface area (Å²) in [5.74, 6) is 0. The van der Waals surface area contributed by atoms with Crippen LogP contribution >= 0.6 is 11.3 Å². The number of aryl methyl sites for hydroxylation is 3. The van der Waals surface area contributed by atoms with Crippen molar-refractivity contribution in [3.63, 3.8) is 0 Å². The predicted octanol–water partition coefficient (Wildman–Crippen LogP) is 2.91. The standard InChI is InChI=1S/C14H21N3S/c1-9-13(10(2)17(5)16-9)8-14(15-4)12-6-7-18-11(12)3/h6-7,14-15H,8H2,1-5H3. The molecule has 0 amide bonds. The van der Waals surface area contributed by atoms with Gasteiger partial charge in [-0.05, 0) is 56.8 Å². The van der Waals surface area contributed by atoms with Crippen molar-refractivity contribution in [2.45, 2.75) is 33.2 Å². The first-order valence-electron chi connectivity index (χ1n) is 6.25. The van der Waals surface area contributed by atoms with E-state index in [1.54, 1.807) is 0 Å². The molecule has 0 aromatic carbocycles. The zero-order chi connectivity index (χ0) is 13.3. The molecule has 0 aliphatic rings. The van der Waals surface area contributed by atoms with Crippen LogP contribution < -0.4 is 5.32 Å². The second kappa shape index (κ2) is 5.24. The minimum Gasteiger partial charge on any atom is -0.313 e. The summed E-state index contributed by atoms with van der Waals surface area (Å²) in [4.78, 5) is 1.40. The number of thiophene rings is 1. The fourth-order valence-electron chi connectivity index (χ4n) is 2.44. The van der Waals surface area contributed by atoms with Crippen LogP contribution in [-0.2, 0) is 13.5 Å². The van der Waals surface area contributed by atoms with Crippen molar-refractivity contribution < 1.29 is 0 Å². The molecular formula is C14H21N3S. The van der Waals surface area contributed by atoms with Crippen molar-refractivity contribution >= 4 is 11.3 Å². The molecule has 0 spiro atoms. The lowest BCUT2D eigenvalue weighted by Crippen LogP contribution is -2.19. The van der Waals surface area contributed by atoms with E-state index in [0.717, 1.165) is 12.1 Å². The minimum atomic E-state index is 0.373. The molecule has 4 heteroatoms. The van der Waals surface area contributed by atoms with Crippen molar-refractivity contribution in [2.75, 3.05) is 7.05 Å². The summed E-state index contributed by atoms with van der Waals surface area (Å²) >= 11 is 1.81. The lowest BCUT2D eigenvalue weighted by Gasteiger charge is -2.16. The van der Waals surface area contributed by atoms with E-state index in [0.29, 0.717) is 6.04 Å². The summed E-state index contributed by atoms with van der Waals surface area (Å²) in [6.45, 7) is 6.42. The third kappa shape index (κ3) is 2.35. The first-order valence-corrected chi connectivity index (χ1v) is 7.13. The lowest BCUT2D eigenvalue weighted by molar-refractivity contribution is 0.588. The molecule has 1 N–H and O–H groups in total. The molecule has 0 fully saturated rings.